The third-order valence-corrected chi connectivity index (χ3v) is 6.46. The molecule has 6 heterocycles. The summed E-state index contributed by atoms with van der Waals surface area (Å²) in [5.74, 6) is 0.175. The molecule has 3 N–H and O–H groups in total. The second-order valence-electron chi connectivity index (χ2n) is 8.96. The summed E-state index contributed by atoms with van der Waals surface area (Å²) in [7, 11) is 0. The second kappa shape index (κ2) is 8.09. The van der Waals surface area contributed by atoms with Crippen LogP contribution in [0.15, 0.2) is 73.6 Å². The van der Waals surface area contributed by atoms with Crippen molar-refractivity contribution in [2.45, 2.75) is 12.8 Å². The van der Waals surface area contributed by atoms with E-state index in [9.17, 15) is 4.79 Å². The van der Waals surface area contributed by atoms with Crippen molar-refractivity contribution < 1.29 is 4.79 Å². The Morgan fingerprint density at radius 2 is 1.83 bits per heavy atom. The van der Waals surface area contributed by atoms with E-state index in [1.54, 1.807) is 31.0 Å². The van der Waals surface area contributed by atoms with Crippen LogP contribution in [0.5, 0.6) is 0 Å². The van der Waals surface area contributed by atoms with E-state index in [1.807, 2.05) is 36.5 Å². The SMILES string of the molecule is O=C(Nc1cncc(-c2cc3c(-c4cc5c(-c6cccnc6)ccnc5[nH]4)n[nH]c3cn2)c1)C1CC1. The first-order valence-corrected chi connectivity index (χ1v) is 11.7. The van der Waals surface area contributed by atoms with E-state index in [2.05, 4.69) is 46.5 Å². The Bertz CT molecular complexity index is 1750. The number of aromatic amines is 2. The molecule has 0 saturated heterocycles. The Labute approximate surface area is 205 Å². The van der Waals surface area contributed by atoms with Crippen molar-refractivity contribution in [1.29, 1.82) is 0 Å². The van der Waals surface area contributed by atoms with E-state index >= 15 is 0 Å². The van der Waals surface area contributed by atoms with E-state index < -0.39 is 0 Å². The molecule has 1 saturated carbocycles. The summed E-state index contributed by atoms with van der Waals surface area (Å²) in [6.45, 7) is 0. The van der Waals surface area contributed by atoms with Gasteiger partial charge in [0, 0.05) is 52.6 Å². The first-order valence-electron chi connectivity index (χ1n) is 11.7. The summed E-state index contributed by atoms with van der Waals surface area (Å²) in [6, 6.07) is 11.9. The van der Waals surface area contributed by atoms with Crippen LogP contribution >= 0.6 is 0 Å². The van der Waals surface area contributed by atoms with Crippen LogP contribution in [0.25, 0.3) is 55.7 Å². The number of H-pyrrole nitrogens is 2. The van der Waals surface area contributed by atoms with Gasteiger partial charge in [-0.25, -0.2) is 4.98 Å². The fraction of sp³-hybridized carbons (Fsp3) is 0.111. The van der Waals surface area contributed by atoms with Gasteiger partial charge < -0.3 is 10.3 Å². The van der Waals surface area contributed by atoms with E-state index in [1.165, 1.54) is 0 Å². The number of aromatic nitrogens is 7. The molecule has 9 nitrogen and oxygen atoms in total. The van der Waals surface area contributed by atoms with E-state index in [4.69, 9.17) is 0 Å². The first-order chi connectivity index (χ1) is 17.7. The molecule has 0 atom stereocenters. The van der Waals surface area contributed by atoms with Gasteiger partial charge in [-0.05, 0) is 48.7 Å². The molecule has 7 rings (SSSR count). The molecule has 1 amide bonds. The lowest BCUT2D eigenvalue weighted by Gasteiger charge is -2.06. The van der Waals surface area contributed by atoms with Crippen LogP contribution in [0, 0.1) is 5.92 Å². The lowest BCUT2D eigenvalue weighted by atomic mass is 10.1. The molecule has 0 aliphatic heterocycles. The first kappa shape index (κ1) is 20.5. The summed E-state index contributed by atoms with van der Waals surface area (Å²) >= 11 is 0. The molecular weight excluding hydrogens is 452 g/mol. The van der Waals surface area contributed by atoms with Gasteiger partial charge in [-0.1, -0.05) is 6.07 Å². The van der Waals surface area contributed by atoms with Crippen molar-refractivity contribution >= 4 is 33.5 Å². The summed E-state index contributed by atoms with van der Waals surface area (Å²) in [5, 5.41) is 12.5. The maximum absolute atomic E-state index is 12.2. The van der Waals surface area contributed by atoms with Crippen molar-refractivity contribution in [3.05, 3.63) is 73.6 Å². The molecule has 0 spiro atoms. The summed E-state index contributed by atoms with van der Waals surface area (Å²) in [6.07, 6.45) is 12.5. The Balaban J connectivity index is 1.28. The fourth-order valence-electron chi connectivity index (χ4n) is 4.45. The predicted octanol–water partition coefficient (Wildman–Crippen LogP) is 4.97. The summed E-state index contributed by atoms with van der Waals surface area (Å²) < 4.78 is 0. The van der Waals surface area contributed by atoms with E-state index in [0.29, 0.717) is 5.69 Å². The molecule has 0 bridgehead atoms. The van der Waals surface area contributed by atoms with Gasteiger partial charge in [0.25, 0.3) is 0 Å². The van der Waals surface area contributed by atoms with Crippen molar-refractivity contribution in [1.82, 2.24) is 35.1 Å². The summed E-state index contributed by atoms with van der Waals surface area (Å²) in [4.78, 5) is 33.3. The van der Waals surface area contributed by atoms with Crippen molar-refractivity contribution in [3.8, 4) is 33.8 Å². The van der Waals surface area contributed by atoms with Crippen LogP contribution in [-0.4, -0.2) is 41.0 Å². The second-order valence-corrected chi connectivity index (χ2v) is 8.96. The molecule has 9 heteroatoms. The Hall–Kier alpha value is -4.92. The zero-order valence-corrected chi connectivity index (χ0v) is 19.1. The van der Waals surface area contributed by atoms with Crippen LogP contribution in [0.3, 0.4) is 0 Å². The number of pyridine rings is 4. The molecule has 0 radical (unpaired) electrons. The average Bonchev–Trinajstić information content (AvgIpc) is 3.55. The highest BCUT2D eigenvalue weighted by Gasteiger charge is 2.29. The normalized spacial score (nSPS) is 13.3. The number of nitrogens with one attached hydrogen (secondary N) is 3. The number of hydrogen-bond donors (Lipinski definition) is 3. The van der Waals surface area contributed by atoms with Crippen LogP contribution in [0.2, 0.25) is 0 Å². The van der Waals surface area contributed by atoms with Gasteiger partial charge in [-0.15, -0.1) is 0 Å². The van der Waals surface area contributed by atoms with Gasteiger partial charge in [-0.3, -0.25) is 24.8 Å². The van der Waals surface area contributed by atoms with Gasteiger partial charge in [0.2, 0.25) is 5.91 Å². The van der Waals surface area contributed by atoms with Gasteiger partial charge >= 0.3 is 0 Å². The standard InChI is InChI=1S/C27H20N8O/c36-27(15-3-4-15)32-18-8-17(12-29-13-18)22-10-21-24(14-31-22)34-35-25(21)23-9-20-19(5-7-30-26(20)33-23)16-2-1-6-28-11-16/h1-2,5-15H,3-4H2,(H,30,33)(H,32,36)(H,34,35). The van der Waals surface area contributed by atoms with Gasteiger partial charge in [0.15, 0.2) is 0 Å². The lowest BCUT2D eigenvalue weighted by Crippen LogP contribution is -2.13. The molecule has 0 aromatic carbocycles. The highest BCUT2D eigenvalue weighted by molar-refractivity contribution is 6.00. The molecule has 174 valence electrons. The minimum atomic E-state index is 0.0487. The maximum atomic E-state index is 12.2. The molecule has 0 unspecified atom stereocenters. The maximum Gasteiger partial charge on any atom is 0.227 e. The molecule has 1 aliphatic rings. The van der Waals surface area contributed by atoms with E-state index in [-0.39, 0.29) is 11.8 Å². The number of rotatable bonds is 5. The molecular formula is C27H20N8O. The highest BCUT2D eigenvalue weighted by Crippen LogP contribution is 2.34. The van der Waals surface area contributed by atoms with Gasteiger partial charge in [-0.2, -0.15) is 5.10 Å². The zero-order chi connectivity index (χ0) is 24.1. The minimum Gasteiger partial charge on any atom is -0.338 e. The highest BCUT2D eigenvalue weighted by atomic mass is 16.2. The molecule has 6 aromatic heterocycles. The quantitative estimate of drug-likeness (QED) is 0.325. The number of fused-ring (bicyclic) bond motifs is 2. The lowest BCUT2D eigenvalue weighted by molar-refractivity contribution is -0.117. The number of hydrogen-bond acceptors (Lipinski definition) is 6. The number of carbonyl (C=O) groups is 1. The smallest absolute Gasteiger partial charge is 0.227 e. The van der Waals surface area contributed by atoms with Crippen molar-refractivity contribution in [2.24, 2.45) is 5.92 Å². The zero-order valence-electron chi connectivity index (χ0n) is 19.1. The van der Waals surface area contributed by atoms with Crippen LogP contribution < -0.4 is 5.32 Å². The minimum absolute atomic E-state index is 0.0487. The van der Waals surface area contributed by atoms with Crippen LogP contribution in [-0.2, 0) is 4.79 Å². The Morgan fingerprint density at radius 3 is 2.69 bits per heavy atom. The predicted molar refractivity (Wildman–Crippen MR) is 137 cm³/mol. The molecule has 1 fully saturated rings. The molecule has 6 aromatic rings. The monoisotopic (exact) mass is 472 g/mol. The fourth-order valence-corrected chi connectivity index (χ4v) is 4.45. The van der Waals surface area contributed by atoms with Gasteiger partial charge in [0.05, 0.1) is 35.0 Å². The largest absolute Gasteiger partial charge is 0.338 e. The molecule has 36 heavy (non-hydrogen) atoms. The average molecular weight is 473 g/mol. The van der Waals surface area contributed by atoms with Crippen LogP contribution in [0.1, 0.15) is 12.8 Å². The Kier molecular flexibility index (Phi) is 4.60. The van der Waals surface area contributed by atoms with Gasteiger partial charge in [0.1, 0.15) is 11.3 Å². The van der Waals surface area contributed by atoms with Crippen molar-refractivity contribution in [2.75, 3.05) is 5.32 Å². The number of nitrogens with zero attached hydrogens (tertiary/aromatic N) is 5. The topological polar surface area (TPSA) is 125 Å². The third kappa shape index (κ3) is 3.58. The number of carbonyl (C=O) groups excluding carboxylic acids is 1. The Morgan fingerprint density at radius 1 is 0.917 bits per heavy atom. The molecule has 1 aliphatic carbocycles. The van der Waals surface area contributed by atoms with Crippen LogP contribution in [0.4, 0.5) is 5.69 Å². The van der Waals surface area contributed by atoms with E-state index in [0.717, 1.165) is 68.6 Å². The number of amides is 1. The third-order valence-electron chi connectivity index (χ3n) is 6.46. The number of anilines is 1. The summed E-state index contributed by atoms with van der Waals surface area (Å²) in [5.41, 5.74) is 7.52. The van der Waals surface area contributed by atoms with Crippen molar-refractivity contribution in [3.63, 3.8) is 0 Å².